The van der Waals surface area contributed by atoms with Crippen LogP contribution in [0.4, 0.5) is 0 Å². The van der Waals surface area contributed by atoms with E-state index in [4.69, 9.17) is 4.74 Å². The fourth-order valence-corrected chi connectivity index (χ4v) is 8.00. The van der Waals surface area contributed by atoms with E-state index < -0.39 is 0 Å². The summed E-state index contributed by atoms with van der Waals surface area (Å²) >= 11 is 1.92. The Morgan fingerprint density at radius 1 is 0.800 bits per heavy atom. The van der Waals surface area contributed by atoms with Gasteiger partial charge in [-0.1, -0.05) is 77.9 Å². The predicted molar refractivity (Wildman–Crippen MR) is 172 cm³/mol. The van der Waals surface area contributed by atoms with Gasteiger partial charge in [0.2, 0.25) is 5.69 Å². The molecule has 0 aliphatic carbocycles. The third kappa shape index (κ3) is 3.93. The van der Waals surface area contributed by atoms with Crippen molar-refractivity contribution in [2.75, 3.05) is 0 Å². The van der Waals surface area contributed by atoms with E-state index in [-0.39, 0.29) is 10.8 Å². The van der Waals surface area contributed by atoms with Crippen LogP contribution in [-0.2, 0) is 19.9 Å². The molecule has 0 spiro atoms. The van der Waals surface area contributed by atoms with Gasteiger partial charge in [-0.2, -0.15) is 0 Å². The van der Waals surface area contributed by atoms with Gasteiger partial charge >= 0.3 is 0 Å². The van der Waals surface area contributed by atoms with Crippen LogP contribution in [0.1, 0.15) is 58.2 Å². The number of fused-ring (bicyclic) bond motifs is 7. The van der Waals surface area contributed by atoms with E-state index in [1.165, 1.54) is 69.7 Å². The van der Waals surface area contributed by atoms with Crippen molar-refractivity contribution in [2.24, 2.45) is 17.9 Å². The van der Waals surface area contributed by atoms with Crippen molar-refractivity contribution < 1.29 is 9.30 Å². The molecule has 2 aromatic heterocycles. The van der Waals surface area contributed by atoms with E-state index in [2.05, 4.69) is 121 Å². The molecule has 0 bridgehead atoms. The number of aryl methyl sites for hydroxylation is 2. The van der Waals surface area contributed by atoms with Crippen LogP contribution >= 0.6 is 11.3 Å². The Morgan fingerprint density at radius 3 is 2.30 bits per heavy atom. The SMILES string of the molecule is Cc1c2c(c(CC(C)(C)C)c3c1sc1ccccc13)Oc1cc3ccc(CC(C)(C)C)cc3c3cc[n+](C)c-2c13. The minimum Gasteiger partial charge on any atom is -0.455 e. The number of hydrogen-bond donors (Lipinski definition) is 0. The van der Waals surface area contributed by atoms with Crippen molar-refractivity contribution in [1.29, 1.82) is 0 Å². The molecule has 0 amide bonds. The standard InChI is InChI=1S/C37H38NOS/c1-21-30-33-32-24(15-16-38(33)8)26-17-22(19-36(2,3)4)13-14-23(26)18-28(32)39-34(30)27(20-37(5,6)7)31-25-11-9-10-12-29(25)40-35(21)31/h9-18H,19-20H2,1-8H3/q+1. The van der Waals surface area contributed by atoms with Gasteiger partial charge in [-0.15, -0.1) is 11.3 Å². The highest BCUT2D eigenvalue weighted by atomic mass is 32.1. The molecule has 0 radical (unpaired) electrons. The molecule has 40 heavy (non-hydrogen) atoms. The summed E-state index contributed by atoms with van der Waals surface area (Å²) in [5.74, 6) is 2.01. The lowest BCUT2D eigenvalue weighted by atomic mass is 9.82. The minimum atomic E-state index is 0.115. The summed E-state index contributed by atoms with van der Waals surface area (Å²) in [5.41, 5.74) is 6.92. The Balaban J connectivity index is 1.61. The van der Waals surface area contributed by atoms with Gasteiger partial charge in [0.25, 0.3) is 0 Å². The fourth-order valence-electron chi connectivity index (χ4n) is 6.77. The van der Waals surface area contributed by atoms with Crippen LogP contribution in [0.15, 0.2) is 60.8 Å². The average molecular weight is 545 g/mol. The van der Waals surface area contributed by atoms with Gasteiger partial charge in [-0.05, 0) is 64.6 Å². The first-order valence-corrected chi connectivity index (χ1v) is 15.2. The summed E-state index contributed by atoms with van der Waals surface area (Å²) in [5, 5.41) is 7.76. The number of nitrogens with zero attached hydrogens (tertiary/aromatic N) is 1. The maximum atomic E-state index is 7.10. The largest absolute Gasteiger partial charge is 0.455 e. The van der Waals surface area contributed by atoms with E-state index in [1.54, 1.807) is 0 Å². The van der Waals surface area contributed by atoms with Gasteiger partial charge in [0.05, 0.1) is 10.9 Å². The Bertz CT molecular complexity index is 2010. The molecule has 1 aliphatic rings. The number of pyridine rings is 1. The molecule has 2 nitrogen and oxygen atoms in total. The lowest BCUT2D eigenvalue weighted by molar-refractivity contribution is -0.659. The number of thiophene rings is 1. The van der Waals surface area contributed by atoms with Crippen LogP contribution in [0.2, 0.25) is 0 Å². The summed E-state index contributed by atoms with van der Waals surface area (Å²) in [6, 6.07) is 20.4. The van der Waals surface area contributed by atoms with Crippen molar-refractivity contribution in [3.8, 4) is 22.8 Å². The maximum Gasteiger partial charge on any atom is 0.228 e. The molecule has 0 unspecified atom stereocenters. The van der Waals surface area contributed by atoms with Crippen LogP contribution in [0, 0.1) is 17.8 Å². The smallest absolute Gasteiger partial charge is 0.228 e. The molecule has 202 valence electrons. The van der Waals surface area contributed by atoms with Crippen LogP contribution in [0.3, 0.4) is 0 Å². The average Bonchev–Trinajstić information content (AvgIpc) is 3.26. The number of ether oxygens (including phenoxy) is 1. The zero-order chi connectivity index (χ0) is 28.1. The monoisotopic (exact) mass is 544 g/mol. The van der Waals surface area contributed by atoms with Gasteiger partial charge in [-0.3, -0.25) is 0 Å². The van der Waals surface area contributed by atoms with E-state index in [1.807, 2.05) is 11.3 Å². The zero-order valence-corrected chi connectivity index (χ0v) is 25.8. The number of hydrogen-bond acceptors (Lipinski definition) is 2. The highest BCUT2D eigenvalue weighted by Gasteiger charge is 2.35. The third-order valence-corrected chi connectivity index (χ3v) is 9.56. The third-order valence-electron chi connectivity index (χ3n) is 8.27. The molecule has 6 aromatic rings. The molecule has 7 rings (SSSR count). The molecule has 0 atom stereocenters. The van der Waals surface area contributed by atoms with Crippen LogP contribution in [0.25, 0.3) is 53.0 Å². The summed E-state index contributed by atoms with van der Waals surface area (Å²) in [6.45, 7) is 16.2. The summed E-state index contributed by atoms with van der Waals surface area (Å²) in [4.78, 5) is 0. The van der Waals surface area contributed by atoms with Gasteiger partial charge in [0.15, 0.2) is 6.20 Å². The van der Waals surface area contributed by atoms with Gasteiger partial charge in [-0.25, -0.2) is 4.57 Å². The predicted octanol–water partition coefficient (Wildman–Crippen LogP) is 10.4. The van der Waals surface area contributed by atoms with Crippen LogP contribution in [-0.4, -0.2) is 0 Å². The molecule has 0 saturated carbocycles. The van der Waals surface area contributed by atoms with Crippen LogP contribution in [0.5, 0.6) is 11.5 Å². The Kier molecular flexibility index (Phi) is 5.45. The van der Waals surface area contributed by atoms with Crippen molar-refractivity contribution >= 4 is 53.1 Å². The van der Waals surface area contributed by atoms with E-state index >= 15 is 0 Å². The van der Waals surface area contributed by atoms with Crippen LogP contribution < -0.4 is 9.30 Å². The van der Waals surface area contributed by atoms with E-state index in [0.717, 1.165) is 24.3 Å². The first kappa shape index (κ1) is 25.5. The summed E-state index contributed by atoms with van der Waals surface area (Å²) in [6.07, 6.45) is 4.24. The van der Waals surface area contributed by atoms with Crippen molar-refractivity contribution in [2.45, 2.75) is 61.3 Å². The lowest BCUT2D eigenvalue weighted by Gasteiger charge is -2.27. The lowest BCUT2D eigenvalue weighted by Crippen LogP contribution is -2.32. The molecular weight excluding hydrogens is 506 g/mol. The molecular formula is C37H38NOS+. The second kappa shape index (κ2) is 8.54. The molecule has 0 saturated heterocycles. The highest BCUT2D eigenvalue weighted by Crippen LogP contribution is 2.55. The molecule has 1 aliphatic heterocycles. The fraction of sp³-hybridized carbons (Fsp3) is 0.324. The number of benzene rings is 4. The first-order valence-electron chi connectivity index (χ1n) is 14.4. The maximum absolute atomic E-state index is 7.10. The summed E-state index contributed by atoms with van der Waals surface area (Å²) < 4.78 is 12.1. The van der Waals surface area contributed by atoms with Gasteiger partial charge < -0.3 is 4.74 Å². The normalized spacial score (nSPS) is 13.4. The Labute approximate surface area is 241 Å². The Morgan fingerprint density at radius 2 is 1.55 bits per heavy atom. The molecule has 0 fully saturated rings. The van der Waals surface area contributed by atoms with E-state index in [0.29, 0.717) is 0 Å². The van der Waals surface area contributed by atoms with Gasteiger partial charge in [0.1, 0.15) is 18.5 Å². The van der Waals surface area contributed by atoms with Gasteiger partial charge in [0, 0.05) is 37.2 Å². The number of rotatable bonds is 2. The molecule has 4 aromatic carbocycles. The van der Waals surface area contributed by atoms with Crippen molar-refractivity contribution in [3.63, 3.8) is 0 Å². The number of aromatic nitrogens is 1. The quantitative estimate of drug-likeness (QED) is 0.156. The molecule has 3 heterocycles. The first-order chi connectivity index (χ1) is 18.9. The van der Waals surface area contributed by atoms with Crippen molar-refractivity contribution in [1.82, 2.24) is 0 Å². The van der Waals surface area contributed by atoms with E-state index in [9.17, 15) is 0 Å². The molecule has 0 N–H and O–H groups in total. The second-order valence-electron chi connectivity index (χ2n) is 14.2. The Hall–Kier alpha value is -3.43. The minimum absolute atomic E-state index is 0.115. The highest BCUT2D eigenvalue weighted by molar-refractivity contribution is 7.26. The summed E-state index contributed by atoms with van der Waals surface area (Å²) in [7, 11) is 2.19. The molecule has 3 heteroatoms. The zero-order valence-electron chi connectivity index (χ0n) is 25.0. The van der Waals surface area contributed by atoms with Crippen molar-refractivity contribution in [3.05, 3.63) is 77.5 Å². The second-order valence-corrected chi connectivity index (χ2v) is 15.2. The topological polar surface area (TPSA) is 13.1 Å².